The van der Waals surface area contributed by atoms with E-state index in [4.69, 9.17) is 14.3 Å². The molecule has 0 amide bonds. The Morgan fingerprint density at radius 2 is 0.539 bits per heavy atom. The molecule has 0 bridgehead atoms. The van der Waals surface area contributed by atoms with Crippen LogP contribution in [0.15, 0.2) is 348 Å². The predicted molar refractivity (Wildman–Crippen MR) is 542 cm³/mol. The van der Waals surface area contributed by atoms with E-state index in [0.29, 0.717) is 94.6 Å². The second-order valence-corrected chi connectivity index (χ2v) is 38.3. The Balaban J connectivity index is 0.836. The van der Waals surface area contributed by atoms with Crippen LogP contribution < -0.4 is 26.2 Å². The van der Waals surface area contributed by atoms with Crippen molar-refractivity contribution in [1.82, 2.24) is 22.8 Å². The minimum atomic E-state index is -0.974. The molecule has 26 rings (SSSR count). The summed E-state index contributed by atoms with van der Waals surface area (Å²) < 4.78 is 255. The number of rotatable bonds is 7. The predicted octanol–water partition coefficient (Wildman–Crippen LogP) is 30.2. The molecule has 0 spiro atoms. The van der Waals surface area contributed by atoms with Gasteiger partial charge in [-0.1, -0.05) is 265 Å². The van der Waals surface area contributed by atoms with Crippen molar-refractivity contribution in [1.29, 1.82) is 0 Å². The maximum Gasteiger partial charge on any atom is 0.252 e. The van der Waals surface area contributed by atoms with Gasteiger partial charge in [0.2, 0.25) is 0 Å². The molecule has 9 nitrogen and oxygen atoms in total. The summed E-state index contributed by atoms with van der Waals surface area (Å²) in [5, 5.41) is 5.26. The molecule has 0 saturated heterocycles. The van der Waals surface area contributed by atoms with E-state index in [1.807, 2.05) is 89.8 Å². The van der Waals surface area contributed by atoms with E-state index >= 15 is 0 Å². The maximum absolute atomic E-state index is 10.3. The van der Waals surface area contributed by atoms with Crippen molar-refractivity contribution in [2.45, 2.75) is 105 Å². The molecule has 9 heterocycles. The van der Waals surface area contributed by atoms with Crippen LogP contribution in [0.5, 0.6) is 0 Å². The number of hydrogen-bond acceptors (Lipinski definition) is 4. The summed E-state index contributed by atoms with van der Waals surface area (Å²) in [5.41, 5.74) is 12.9. The molecule has 0 saturated carbocycles. The summed E-state index contributed by atoms with van der Waals surface area (Å²) in [6.45, 7) is 25.3. The van der Waals surface area contributed by atoms with Gasteiger partial charge in [0.05, 0.1) is 111 Å². The molecule has 0 unspecified atom stereocenters. The average molecular weight is 1680 g/mol. The summed E-state index contributed by atoms with van der Waals surface area (Å²) in [4.78, 5) is 4.06. The van der Waals surface area contributed by atoms with Crippen LogP contribution in [0.3, 0.4) is 0 Å². The molecule has 7 aromatic heterocycles. The highest BCUT2D eigenvalue weighted by atomic mass is 16.3. The SMILES string of the molecule is [2H]c1c([2H])c([2H])c2c(c1[2H])c1c([2H])c([2H])c([2H])c([2H])c1n2-c1ccc2c(c1)N(c1cccc3c1oc1c(-n4c5ccc(C(C)(C)C)cc5c5cc(C(C)(C)C)ccc54)cccc13)c1cc(-n3c4c([2H])c([2H])c([2H])c([2H])c4c4c([2H])c([2H])c([2H])c([2H])c43)cc3c1B2c1ccc(-n2c4ccc(C(C)(C)C)cc4c4cc(C(C)(C)C)ccc42)cc1N3c1ccc2c(c1)oc1c(-n3c4c([2H])c([2H])c([2H])c([2H])c4c4c([2H])c([2H])c([2H])c([2H])c43)cccc12. The van der Waals surface area contributed by atoms with Crippen LogP contribution in [0, 0.1) is 0 Å². The fourth-order valence-electron chi connectivity index (χ4n) is 20.6. The lowest BCUT2D eigenvalue weighted by Crippen LogP contribution is -2.61. The second kappa shape index (κ2) is 26.3. The van der Waals surface area contributed by atoms with Crippen LogP contribution >= 0.6 is 0 Å². The lowest BCUT2D eigenvalue weighted by atomic mass is 9.33. The molecule has 0 aliphatic carbocycles. The number of anilines is 6. The third kappa shape index (κ3) is 10.6. The normalized spacial score (nSPS) is 16.0. The van der Waals surface area contributed by atoms with Crippen LogP contribution in [0.4, 0.5) is 34.1 Å². The van der Waals surface area contributed by atoms with Crippen molar-refractivity contribution < 1.29 is 41.7 Å². The first-order chi connectivity index (χ1) is 72.0. The highest BCUT2D eigenvalue weighted by molar-refractivity contribution is 7.00. The number of furan rings is 2. The van der Waals surface area contributed by atoms with Crippen molar-refractivity contribution in [3.8, 4) is 28.4 Å². The van der Waals surface area contributed by atoms with E-state index in [0.717, 1.165) is 65.9 Å². The molecule has 2 aliphatic heterocycles. The lowest BCUT2D eigenvalue weighted by molar-refractivity contribution is 0.590. The summed E-state index contributed by atoms with van der Waals surface area (Å²) in [6.07, 6.45) is 0. The number of nitrogens with zero attached hydrogens (tertiary/aromatic N) is 7. The van der Waals surface area contributed by atoms with Crippen molar-refractivity contribution >= 4 is 210 Å². The highest BCUT2D eigenvalue weighted by Gasteiger charge is 2.46. The maximum atomic E-state index is 10.3. The fraction of sp³-hybridized carbons (Fsp3) is 0.136. The molecule has 2 aliphatic rings. The first kappa shape index (κ1) is 54.0. The Bertz CT molecular complexity index is 10200. The van der Waals surface area contributed by atoms with Gasteiger partial charge in [-0.15, -0.1) is 0 Å². The number of para-hydroxylation sites is 9. The van der Waals surface area contributed by atoms with Crippen LogP contribution in [-0.4, -0.2) is 29.5 Å². The number of hydrogen-bond donors (Lipinski definition) is 0. The van der Waals surface area contributed by atoms with Gasteiger partial charge in [0.25, 0.3) is 6.71 Å². The molecular weight excluding hydrogens is 1560 g/mol. The molecule has 0 radical (unpaired) electrons. The molecule has 17 aromatic carbocycles. The fourth-order valence-corrected chi connectivity index (χ4v) is 20.6. The quantitative estimate of drug-likeness (QED) is 0.149. The number of benzene rings is 17. The minimum Gasteiger partial charge on any atom is -0.454 e. The van der Waals surface area contributed by atoms with Crippen molar-refractivity contribution in [3.05, 3.63) is 361 Å². The Morgan fingerprint density at radius 1 is 0.227 bits per heavy atom. The van der Waals surface area contributed by atoms with Gasteiger partial charge >= 0.3 is 0 Å². The third-order valence-electron chi connectivity index (χ3n) is 26.8. The first-order valence-electron chi connectivity index (χ1n) is 55.2. The number of aromatic nitrogens is 5. The van der Waals surface area contributed by atoms with Gasteiger partial charge in [-0.05, 0) is 212 Å². The lowest BCUT2D eigenvalue weighted by Gasteiger charge is -2.44. The zero-order valence-electron chi connectivity index (χ0n) is 96.0. The molecule has 0 fully saturated rings. The topological polar surface area (TPSA) is 57.4 Å². The van der Waals surface area contributed by atoms with E-state index in [-0.39, 0.29) is 115 Å². The van der Waals surface area contributed by atoms with Gasteiger partial charge in [0.1, 0.15) is 5.58 Å². The van der Waals surface area contributed by atoms with Gasteiger partial charge in [-0.25, -0.2) is 0 Å². The Kier molecular flexibility index (Phi) is 11.1. The standard InChI is InChI=1S/C118H92BN7O2/c1-115(2,3)69-46-56-99-87(60-69)88-61-70(116(4,5)6)47-57-100(88)121(99)73-51-54-91-106(64-73)122(75-50-53-83-84-34-25-43-103(112(84)127-110(83)68-75)124-97-41-23-17-32-81(97)82-33-18-24-42-98(82)124)108-66-76(123-95-39-21-15-30-79(95)80-31-16-22-40-96(80)123)67-109-111(108)119(91)92-55-52-74(120-93-37-19-13-28-77(93)78-29-14-20-38-94(78)120)65-107(92)126(109)105-45-27-36-86-85-35-26-44-104(113(85)128-114(86)105)125-101-58-48-71(117(7,8)9)62-89(101)90-63-72(118(10,11)12)49-59-102(90)125/h13-68H,1-12H3/i13D,14D,15D,16D,17D,18D,19D,20D,21D,22D,23D,24D,28D,29D,30D,31D,32D,33D,37D,38D,39D,40D,41D,42D. The molecule has 0 atom stereocenters. The molecular formula is C118H92BN7O2. The first-order valence-corrected chi connectivity index (χ1v) is 43.2. The van der Waals surface area contributed by atoms with Crippen molar-refractivity contribution in [2.75, 3.05) is 9.80 Å². The van der Waals surface area contributed by atoms with E-state index in [1.54, 1.807) is 18.2 Å². The van der Waals surface area contributed by atoms with Gasteiger partial charge in [0, 0.05) is 121 Å². The monoisotopic (exact) mass is 1670 g/mol. The Morgan fingerprint density at radius 3 is 0.953 bits per heavy atom. The molecule has 24 aromatic rings. The zero-order chi connectivity index (χ0) is 107. The highest BCUT2D eigenvalue weighted by Crippen LogP contribution is 2.53. The zero-order valence-corrected chi connectivity index (χ0v) is 72.0. The van der Waals surface area contributed by atoms with Crippen LogP contribution in [0.2, 0.25) is 0 Å². The third-order valence-corrected chi connectivity index (χ3v) is 26.8. The Hall–Kier alpha value is -15.0. The van der Waals surface area contributed by atoms with Gasteiger partial charge < -0.3 is 41.5 Å². The minimum absolute atomic E-state index is 0.0779. The smallest absolute Gasteiger partial charge is 0.252 e. The summed E-state index contributed by atoms with van der Waals surface area (Å²) in [5.74, 6) is 0. The van der Waals surface area contributed by atoms with Crippen molar-refractivity contribution in [3.63, 3.8) is 0 Å². The molecule has 0 N–H and O–H groups in total. The largest absolute Gasteiger partial charge is 0.454 e. The van der Waals surface area contributed by atoms with E-state index < -0.39 is 152 Å². The Labute approximate surface area is 775 Å². The molecule has 128 heavy (non-hydrogen) atoms. The van der Waals surface area contributed by atoms with Crippen LogP contribution in [-0.2, 0) is 21.7 Å². The van der Waals surface area contributed by atoms with Gasteiger partial charge in [-0.3, -0.25) is 0 Å². The molecule has 614 valence electrons. The van der Waals surface area contributed by atoms with E-state index in [9.17, 15) is 27.4 Å². The van der Waals surface area contributed by atoms with Crippen LogP contribution in [0.1, 0.15) is 138 Å². The summed E-state index contributed by atoms with van der Waals surface area (Å²) >= 11 is 0. The second-order valence-electron chi connectivity index (χ2n) is 38.3. The summed E-state index contributed by atoms with van der Waals surface area (Å²) in [6, 6.07) is 50.0. The van der Waals surface area contributed by atoms with Gasteiger partial charge in [-0.2, -0.15) is 0 Å². The van der Waals surface area contributed by atoms with E-state index in [2.05, 4.69) is 188 Å². The van der Waals surface area contributed by atoms with Crippen molar-refractivity contribution in [2.24, 2.45) is 0 Å². The average Bonchev–Trinajstić information content (AvgIpc) is 1.04. The van der Waals surface area contributed by atoms with Crippen LogP contribution in [0.25, 0.3) is 181 Å². The van der Waals surface area contributed by atoms with Gasteiger partial charge in [0.15, 0.2) is 16.7 Å². The number of fused-ring (bicyclic) bond motifs is 25. The summed E-state index contributed by atoms with van der Waals surface area (Å²) in [7, 11) is 0. The van der Waals surface area contributed by atoms with E-state index in [1.165, 1.54) is 13.7 Å². The molecule has 10 heteroatoms.